The minimum Gasteiger partial charge on any atom is -0.497 e. The Labute approximate surface area is 220 Å². The van der Waals surface area contributed by atoms with Gasteiger partial charge in [-0.1, -0.05) is 36.4 Å². The van der Waals surface area contributed by atoms with Crippen molar-refractivity contribution in [1.82, 2.24) is 5.43 Å². The van der Waals surface area contributed by atoms with Gasteiger partial charge in [-0.05, 0) is 73.3 Å². The van der Waals surface area contributed by atoms with E-state index >= 15 is 0 Å². The van der Waals surface area contributed by atoms with E-state index in [2.05, 4.69) is 10.5 Å². The summed E-state index contributed by atoms with van der Waals surface area (Å²) in [5.74, 6) is 0.979. The molecule has 8 heteroatoms. The normalized spacial score (nSPS) is 11.7. The molecule has 0 aliphatic rings. The lowest BCUT2D eigenvalue weighted by atomic mass is 10.1. The first-order valence-corrected chi connectivity index (χ1v) is 12.1. The second-order valence-electron chi connectivity index (χ2n) is 8.23. The molecule has 0 saturated heterocycles. The molecule has 1 atom stereocenters. The molecule has 0 heterocycles. The lowest BCUT2D eigenvalue weighted by Crippen LogP contribution is -2.33. The zero-order chi connectivity index (χ0) is 26.9. The van der Waals surface area contributed by atoms with Gasteiger partial charge < -0.3 is 18.9 Å². The number of nitrogens with zero attached hydrogens (tertiary/aromatic N) is 1. The molecule has 0 aliphatic carbocycles. The molecule has 0 fully saturated rings. The van der Waals surface area contributed by atoms with Crippen LogP contribution in [0.1, 0.15) is 29.8 Å². The maximum Gasteiger partial charge on any atom is 0.343 e. The van der Waals surface area contributed by atoms with Crippen LogP contribution >= 0.6 is 0 Å². The van der Waals surface area contributed by atoms with Crippen molar-refractivity contribution in [3.63, 3.8) is 0 Å². The van der Waals surface area contributed by atoms with Crippen LogP contribution in [-0.2, 0) is 4.79 Å². The standard InChI is InChI=1S/C30H28N2O6/c1-4-36-28-18-21(12-17-27(28)38-30(34)23-13-15-24(35-3)16-14-23)19-31-32-29(33)20(2)37-26-11-7-9-22-8-5-6-10-25(22)26/h5-20H,4H2,1-3H3,(H,32,33)/b31-19-/t20-/m1/s1. The first-order chi connectivity index (χ1) is 18.5. The Hall–Kier alpha value is -4.85. The lowest BCUT2D eigenvalue weighted by Gasteiger charge is -2.14. The van der Waals surface area contributed by atoms with E-state index < -0.39 is 18.0 Å². The second-order valence-corrected chi connectivity index (χ2v) is 8.23. The van der Waals surface area contributed by atoms with Gasteiger partial charge in [0.05, 0.1) is 25.5 Å². The Balaban J connectivity index is 1.39. The minimum atomic E-state index is -0.767. The predicted molar refractivity (Wildman–Crippen MR) is 145 cm³/mol. The largest absolute Gasteiger partial charge is 0.497 e. The number of carbonyl (C=O) groups is 2. The Bertz CT molecular complexity index is 1440. The molecule has 0 radical (unpaired) electrons. The summed E-state index contributed by atoms with van der Waals surface area (Å²) in [6.07, 6.45) is 0.705. The maximum absolute atomic E-state index is 12.6. The number of methoxy groups -OCH3 is 1. The van der Waals surface area contributed by atoms with Gasteiger partial charge in [-0.2, -0.15) is 5.10 Å². The van der Waals surface area contributed by atoms with Gasteiger partial charge in [0.2, 0.25) is 0 Å². The van der Waals surface area contributed by atoms with Crippen LogP contribution in [0.15, 0.2) is 90.0 Å². The van der Waals surface area contributed by atoms with Crippen molar-refractivity contribution >= 4 is 28.9 Å². The molecular weight excluding hydrogens is 484 g/mol. The summed E-state index contributed by atoms with van der Waals surface area (Å²) in [4.78, 5) is 25.1. The molecule has 0 unspecified atom stereocenters. The smallest absolute Gasteiger partial charge is 0.343 e. The quantitative estimate of drug-likeness (QED) is 0.133. The summed E-state index contributed by atoms with van der Waals surface area (Å²) >= 11 is 0. The summed E-state index contributed by atoms with van der Waals surface area (Å²) in [6.45, 7) is 3.85. The average Bonchev–Trinajstić information content (AvgIpc) is 2.94. The minimum absolute atomic E-state index is 0.269. The van der Waals surface area contributed by atoms with Crippen molar-refractivity contribution in [2.24, 2.45) is 5.10 Å². The van der Waals surface area contributed by atoms with Gasteiger partial charge in [0.1, 0.15) is 11.5 Å². The Kier molecular flexibility index (Phi) is 8.56. The molecule has 1 amide bonds. The maximum atomic E-state index is 12.6. The van der Waals surface area contributed by atoms with Crippen molar-refractivity contribution in [3.8, 4) is 23.0 Å². The Morgan fingerprint density at radius 3 is 2.45 bits per heavy atom. The van der Waals surface area contributed by atoms with Crippen molar-refractivity contribution < 1.29 is 28.5 Å². The van der Waals surface area contributed by atoms with Crippen LogP contribution in [0, 0.1) is 0 Å². The third-order valence-electron chi connectivity index (χ3n) is 5.61. The fraction of sp³-hybridized carbons (Fsp3) is 0.167. The fourth-order valence-corrected chi connectivity index (χ4v) is 3.65. The number of hydrogen-bond acceptors (Lipinski definition) is 7. The number of nitrogens with one attached hydrogen (secondary N) is 1. The van der Waals surface area contributed by atoms with E-state index in [9.17, 15) is 9.59 Å². The highest BCUT2D eigenvalue weighted by Gasteiger charge is 2.16. The molecule has 0 aromatic heterocycles. The highest BCUT2D eigenvalue weighted by atomic mass is 16.6. The molecule has 4 rings (SSSR count). The summed E-state index contributed by atoms with van der Waals surface area (Å²) in [6, 6.07) is 25.1. The SMILES string of the molecule is CCOc1cc(/C=N\NC(=O)[C@@H](C)Oc2cccc3ccccc23)ccc1OC(=O)c1ccc(OC)cc1. The summed E-state index contributed by atoms with van der Waals surface area (Å²) in [5, 5.41) is 5.99. The summed E-state index contributed by atoms with van der Waals surface area (Å²) in [7, 11) is 1.55. The fourth-order valence-electron chi connectivity index (χ4n) is 3.65. The highest BCUT2D eigenvalue weighted by Crippen LogP contribution is 2.29. The number of benzene rings is 4. The molecule has 0 saturated carbocycles. The van der Waals surface area contributed by atoms with Gasteiger partial charge in [-0.25, -0.2) is 10.2 Å². The van der Waals surface area contributed by atoms with E-state index in [0.29, 0.717) is 35.0 Å². The van der Waals surface area contributed by atoms with Crippen molar-refractivity contribution in [1.29, 1.82) is 0 Å². The number of esters is 1. The zero-order valence-electron chi connectivity index (χ0n) is 21.3. The van der Waals surface area contributed by atoms with Crippen LogP contribution in [0.25, 0.3) is 10.8 Å². The van der Waals surface area contributed by atoms with Crippen LogP contribution in [0.4, 0.5) is 0 Å². The number of ether oxygens (including phenoxy) is 4. The molecular formula is C30H28N2O6. The molecule has 0 bridgehead atoms. The predicted octanol–water partition coefficient (Wildman–Crippen LogP) is 5.38. The molecule has 4 aromatic carbocycles. The van der Waals surface area contributed by atoms with Gasteiger partial charge in [-0.15, -0.1) is 0 Å². The molecule has 194 valence electrons. The van der Waals surface area contributed by atoms with Crippen LogP contribution in [-0.4, -0.2) is 37.9 Å². The Morgan fingerprint density at radius 2 is 1.68 bits per heavy atom. The summed E-state index contributed by atoms with van der Waals surface area (Å²) in [5.41, 5.74) is 3.51. The monoisotopic (exact) mass is 512 g/mol. The second kappa shape index (κ2) is 12.4. The number of fused-ring (bicyclic) bond motifs is 1. The van der Waals surface area contributed by atoms with Gasteiger partial charge in [-0.3, -0.25) is 4.79 Å². The highest BCUT2D eigenvalue weighted by molar-refractivity contribution is 5.92. The first-order valence-electron chi connectivity index (χ1n) is 12.1. The van der Waals surface area contributed by atoms with E-state index in [1.165, 1.54) is 6.21 Å². The third-order valence-corrected chi connectivity index (χ3v) is 5.61. The lowest BCUT2D eigenvalue weighted by molar-refractivity contribution is -0.127. The molecule has 4 aromatic rings. The molecule has 38 heavy (non-hydrogen) atoms. The van der Waals surface area contributed by atoms with Gasteiger partial charge in [0, 0.05) is 5.39 Å². The molecule has 0 aliphatic heterocycles. The topological polar surface area (TPSA) is 95.5 Å². The van der Waals surface area contributed by atoms with Crippen LogP contribution in [0.2, 0.25) is 0 Å². The molecule has 0 spiro atoms. The van der Waals surface area contributed by atoms with Crippen LogP contribution in [0.5, 0.6) is 23.0 Å². The van der Waals surface area contributed by atoms with Gasteiger partial charge in [0.25, 0.3) is 5.91 Å². The average molecular weight is 513 g/mol. The van der Waals surface area contributed by atoms with Gasteiger partial charge >= 0.3 is 5.97 Å². The Morgan fingerprint density at radius 1 is 0.921 bits per heavy atom. The van der Waals surface area contributed by atoms with Gasteiger partial charge in [0.15, 0.2) is 17.6 Å². The number of rotatable bonds is 10. The number of hydrogen-bond donors (Lipinski definition) is 1. The van der Waals surface area contributed by atoms with E-state index in [4.69, 9.17) is 18.9 Å². The van der Waals surface area contributed by atoms with Crippen molar-refractivity contribution in [2.45, 2.75) is 20.0 Å². The van der Waals surface area contributed by atoms with Crippen LogP contribution in [0.3, 0.4) is 0 Å². The zero-order valence-corrected chi connectivity index (χ0v) is 21.3. The van der Waals surface area contributed by atoms with Crippen molar-refractivity contribution in [2.75, 3.05) is 13.7 Å². The van der Waals surface area contributed by atoms with E-state index in [1.54, 1.807) is 56.5 Å². The van der Waals surface area contributed by atoms with E-state index in [1.807, 2.05) is 49.4 Å². The number of carbonyl (C=O) groups excluding carboxylic acids is 2. The van der Waals surface area contributed by atoms with E-state index in [0.717, 1.165) is 10.8 Å². The number of hydrazone groups is 1. The summed E-state index contributed by atoms with van der Waals surface area (Å²) < 4.78 is 22.2. The first kappa shape index (κ1) is 26.2. The molecule has 1 N–H and O–H groups in total. The molecule has 8 nitrogen and oxygen atoms in total. The number of amides is 1. The van der Waals surface area contributed by atoms with E-state index in [-0.39, 0.29) is 5.75 Å². The third kappa shape index (κ3) is 6.47. The van der Waals surface area contributed by atoms with Crippen LogP contribution < -0.4 is 24.4 Å². The van der Waals surface area contributed by atoms with Crippen molar-refractivity contribution in [3.05, 3.63) is 96.1 Å².